The first-order valence-electron chi connectivity index (χ1n) is 12.4. The molecule has 0 atom stereocenters. The van der Waals surface area contributed by atoms with Crippen LogP contribution in [0, 0.1) is 0 Å². The minimum absolute atomic E-state index is 0.459. The molecule has 0 spiro atoms. The van der Waals surface area contributed by atoms with Crippen LogP contribution in [0.25, 0.3) is 11.2 Å². The summed E-state index contributed by atoms with van der Waals surface area (Å²) in [7, 11) is 0. The Morgan fingerprint density at radius 2 is 1.65 bits per heavy atom. The number of nitrogens with one attached hydrogen (secondary N) is 1. The van der Waals surface area contributed by atoms with Crippen molar-refractivity contribution in [1.29, 1.82) is 0 Å². The lowest BCUT2D eigenvalue weighted by molar-refractivity contribution is -0.159. The molecule has 1 aliphatic heterocycles. The van der Waals surface area contributed by atoms with E-state index in [-0.39, 0.29) is 0 Å². The van der Waals surface area contributed by atoms with Gasteiger partial charge in [-0.25, -0.2) is 29.1 Å². The van der Waals surface area contributed by atoms with Gasteiger partial charge in [0.25, 0.3) is 0 Å². The number of anilines is 1. The van der Waals surface area contributed by atoms with Crippen molar-refractivity contribution in [2.45, 2.75) is 38.8 Å². The zero-order valence-corrected chi connectivity index (χ0v) is 22.7. The van der Waals surface area contributed by atoms with Gasteiger partial charge in [0, 0.05) is 43.4 Å². The van der Waals surface area contributed by atoms with Crippen molar-refractivity contribution in [3.63, 3.8) is 0 Å². The van der Waals surface area contributed by atoms with Gasteiger partial charge in [0.2, 0.25) is 5.95 Å². The lowest BCUT2D eigenvalue weighted by Crippen LogP contribution is -2.40. The van der Waals surface area contributed by atoms with Crippen molar-refractivity contribution in [2.24, 2.45) is 0 Å². The van der Waals surface area contributed by atoms with Crippen LogP contribution in [0.3, 0.4) is 0 Å². The number of aliphatic carboxylic acids is 4. The Labute approximate surface area is 233 Å². The number of likely N-dealkylation sites (tertiary alicyclic amines) is 1. The lowest BCUT2D eigenvalue weighted by Gasteiger charge is -2.32. The summed E-state index contributed by atoms with van der Waals surface area (Å²) in [4.78, 5) is 49.8. The molecule has 0 unspecified atom stereocenters. The Kier molecular flexibility index (Phi) is 13.5. The summed E-state index contributed by atoms with van der Waals surface area (Å²) in [6.45, 7) is 7.63. The topological polar surface area (TPSA) is 204 Å². The molecule has 0 aliphatic carbocycles. The number of piperidine rings is 1. The molecule has 3 aromatic heterocycles. The van der Waals surface area contributed by atoms with Crippen molar-refractivity contribution in [2.75, 3.05) is 38.2 Å². The monoisotopic (exact) mass is 579 g/mol. The molecule has 15 heteroatoms. The number of aromatic nitrogens is 3. The van der Waals surface area contributed by atoms with Gasteiger partial charge in [-0.1, -0.05) is 6.07 Å². The maximum atomic E-state index is 9.10. The van der Waals surface area contributed by atoms with Crippen molar-refractivity contribution >= 4 is 52.3 Å². The highest BCUT2D eigenvalue weighted by Gasteiger charge is 2.21. The number of carboxylic acids is 4. The van der Waals surface area contributed by atoms with Gasteiger partial charge in [-0.05, 0) is 49.8 Å². The molecule has 218 valence electrons. The predicted octanol–water partition coefficient (Wildman–Crippen LogP) is 1.96. The molecular formula is C25H33N5O9S. The number of nitrogens with zero attached hydrogens (tertiary/aromatic N) is 4. The van der Waals surface area contributed by atoms with Crippen molar-refractivity contribution < 1.29 is 44.3 Å². The maximum absolute atomic E-state index is 9.10. The summed E-state index contributed by atoms with van der Waals surface area (Å²) in [5, 5.41) is 35.4. The summed E-state index contributed by atoms with van der Waals surface area (Å²) in [5.74, 6) is -6.37. The van der Waals surface area contributed by atoms with E-state index >= 15 is 0 Å². The first-order chi connectivity index (χ1) is 19.1. The Bertz CT molecular complexity index is 1190. The van der Waals surface area contributed by atoms with Crippen LogP contribution in [0.2, 0.25) is 0 Å². The number of thiophene rings is 1. The average molecular weight is 580 g/mol. The number of hydrogen-bond donors (Lipinski definition) is 5. The molecular weight excluding hydrogens is 546 g/mol. The molecule has 3 aromatic rings. The SMILES string of the molecule is CCOCCn1c(NC2CCN(CCc3cccs3)CC2)nc2cccnc21.O=C(O)C(=O)O.O=C(O)C(=O)O. The number of rotatable bonds is 9. The summed E-state index contributed by atoms with van der Waals surface area (Å²) in [5.41, 5.74) is 1.87. The lowest BCUT2D eigenvalue weighted by atomic mass is 10.1. The van der Waals surface area contributed by atoms with Crippen molar-refractivity contribution in [3.05, 3.63) is 40.7 Å². The molecule has 40 heavy (non-hydrogen) atoms. The molecule has 14 nitrogen and oxygen atoms in total. The smallest absolute Gasteiger partial charge is 0.414 e. The second-order valence-corrected chi connectivity index (χ2v) is 9.47. The second-order valence-electron chi connectivity index (χ2n) is 8.44. The largest absolute Gasteiger partial charge is 0.473 e. The number of ether oxygens (including phenoxy) is 1. The third-order valence-corrected chi connectivity index (χ3v) is 6.64. The van der Waals surface area contributed by atoms with Crippen LogP contribution in [0.4, 0.5) is 5.95 Å². The van der Waals surface area contributed by atoms with E-state index in [1.54, 1.807) is 0 Å². The summed E-state index contributed by atoms with van der Waals surface area (Å²) < 4.78 is 7.72. The molecule has 1 saturated heterocycles. The Hall–Kier alpha value is -4.08. The number of imidazole rings is 1. The predicted molar refractivity (Wildman–Crippen MR) is 146 cm³/mol. The molecule has 4 rings (SSSR count). The fraction of sp³-hybridized carbons (Fsp3) is 0.440. The van der Waals surface area contributed by atoms with Crippen LogP contribution < -0.4 is 5.32 Å². The molecule has 1 fully saturated rings. The van der Waals surface area contributed by atoms with E-state index < -0.39 is 23.9 Å². The van der Waals surface area contributed by atoms with Crippen LogP contribution in [-0.4, -0.2) is 103 Å². The Morgan fingerprint density at radius 1 is 1.00 bits per heavy atom. The van der Waals surface area contributed by atoms with Crippen LogP contribution in [0.1, 0.15) is 24.6 Å². The fourth-order valence-electron chi connectivity index (χ4n) is 3.79. The van der Waals surface area contributed by atoms with Gasteiger partial charge in [0.1, 0.15) is 5.52 Å². The zero-order valence-electron chi connectivity index (χ0n) is 21.9. The fourth-order valence-corrected chi connectivity index (χ4v) is 4.49. The quantitative estimate of drug-likeness (QED) is 0.182. The second kappa shape index (κ2) is 16.8. The number of pyridine rings is 1. The molecule has 0 saturated carbocycles. The van der Waals surface area contributed by atoms with Gasteiger partial charge in [-0.3, -0.25) is 4.57 Å². The van der Waals surface area contributed by atoms with Gasteiger partial charge >= 0.3 is 23.9 Å². The summed E-state index contributed by atoms with van der Waals surface area (Å²) in [6.07, 6.45) is 5.28. The number of carbonyl (C=O) groups is 4. The third-order valence-electron chi connectivity index (χ3n) is 5.71. The van der Waals surface area contributed by atoms with E-state index in [9.17, 15) is 0 Å². The number of carboxylic acid groups (broad SMARTS) is 4. The van der Waals surface area contributed by atoms with E-state index in [2.05, 4.69) is 37.3 Å². The van der Waals surface area contributed by atoms with Gasteiger partial charge in [-0.2, -0.15) is 0 Å². The molecule has 0 amide bonds. The van der Waals surface area contributed by atoms with Crippen LogP contribution in [0.15, 0.2) is 35.8 Å². The van der Waals surface area contributed by atoms with Crippen LogP contribution in [0.5, 0.6) is 0 Å². The molecule has 0 radical (unpaired) electrons. The number of hydrogen-bond acceptors (Lipinski definition) is 10. The Morgan fingerprint density at radius 3 is 2.20 bits per heavy atom. The van der Waals surface area contributed by atoms with E-state index in [1.807, 2.05) is 36.6 Å². The highest BCUT2D eigenvalue weighted by molar-refractivity contribution is 7.09. The van der Waals surface area contributed by atoms with Gasteiger partial charge in [-0.15, -0.1) is 11.3 Å². The maximum Gasteiger partial charge on any atom is 0.414 e. The van der Waals surface area contributed by atoms with Gasteiger partial charge in [0.15, 0.2) is 5.65 Å². The molecule has 1 aliphatic rings. The normalized spacial score (nSPS) is 13.4. The summed E-state index contributed by atoms with van der Waals surface area (Å²) in [6, 6.07) is 8.80. The zero-order chi connectivity index (χ0) is 29.5. The van der Waals surface area contributed by atoms with E-state index in [1.165, 1.54) is 4.88 Å². The highest BCUT2D eigenvalue weighted by atomic mass is 32.1. The molecule has 4 heterocycles. The van der Waals surface area contributed by atoms with Gasteiger partial charge in [0.05, 0.1) is 13.2 Å². The first kappa shape index (κ1) is 32.1. The van der Waals surface area contributed by atoms with E-state index in [0.29, 0.717) is 12.6 Å². The minimum Gasteiger partial charge on any atom is -0.473 e. The highest BCUT2D eigenvalue weighted by Crippen LogP contribution is 2.21. The molecule has 0 aromatic carbocycles. The number of fused-ring (bicyclic) bond motifs is 1. The molecule has 0 bridgehead atoms. The van der Waals surface area contributed by atoms with Crippen molar-refractivity contribution in [1.82, 2.24) is 19.4 Å². The summed E-state index contributed by atoms with van der Waals surface area (Å²) >= 11 is 1.86. The standard InChI is InChI=1S/C21H29N5OS.2C2H2O4/c1-2-27-15-14-26-20-19(6-3-10-22-20)24-21(26)23-17-7-11-25(12-8-17)13-9-18-5-4-16-28-18;2*3-1(4)2(5)6/h3-6,10,16-17H,2,7-9,11-15H2,1H3,(H,23,24);2*(H,3,4)(H,5,6). The van der Waals surface area contributed by atoms with E-state index in [4.69, 9.17) is 49.3 Å². The van der Waals surface area contributed by atoms with Crippen molar-refractivity contribution in [3.8, 4) is 0 Å². The van der Waals surface area contributed by atoms with Gasteiger partial charge < -0.3 is 35.4 Å². The minimum atomic E-state index is -1.82. The third kappa shape index (κ3) is 11.0. The Balaban J connectivity index is 0.000000393. The van der Waals surface area contributed by atoms with Crippen LogP contribution >= 0.6 is 11.3 Å². The average Bonchev–Trinajstić information content (AvgIpc) is 3.57. The first-order valence-corrected chi connectivity index (χ1v) is 13.3. The van der Waals surface area contributed by atoms with E-state index in [0.717, 1.165) is 69.2 Å². The molecule has 5 N–H and O–H groups in total. The van der Waals surface area contributed by atoms with Crippen LogP contribution in [-0.2, 0) is 36.9 Å².